The van der Waals surface area contributed by atoms with Gasteiger partial charge in [-0.05, 0) is 6.92 Å². The van der Waals surface area contributed by atoms with Gasteiger partial charge in [0.05, 0.1) is 19.8 Å². The van der Waals surface area contributed by atoms with Gasteiger partial charge < -0.3 is 10.1 Å². The van der Waals surface area contributed by atoms with Crippen LogP contribution in [0.25, 0.3) is 0 Å². The van der Waals surface area contributed by atoms with E-state index in [0.717, 1.165) is 0 Å². The van der Waals surface area contributed by atoms with Crippen molar-refractivity contribution in [1.82, 2.24) is 10.2 Å². The summed E-state index contributed by atoms with van der Waals surface area (Å²) in [5.41, 5.74) is 0. The number of rotatable bonds is 5. The van der Waals surface area contributed by atoms with E-state index in [1.807, 2.05) is 4.90 Å². The van der Waals surface area contributed by atoms with Crippen LogP contribution in [0.4, 0.5) is 22.0 Å². The minimum Gasteiger partial charge on any atom is -0.379 e. The highest BCUT2D eigenvalue weighted by Crippen LogP contribution is 2.34. The highest BCUT2D eigenvalue weighted by molar-refractivity contribution is 4.80. The molecular weight excluding hydrogens is 259 g/mol. The Morgan fingerprint density at radius 1 is 1.17 bits per heavy atom. The SMILES string of the molecule is CC(CN1CCOCC1)NCC(F)(F)C(F)(F)F. The van der Waals surface area contributed by atoms with E-state index in [1.165, 1.54) is 0 Å². The molecule has 1 saturated heterocycles. The molecule has 1 heterocycles. The second-order valence-corrected chi connectivity index (χ2v) is 4.40. The Morgan fingerprint density at radius 3 is 2.22 bits per heavy atom. The van der Waals surface area contributed by atoms with Crippen LogP contribution in [0, 0.1) is 0 Å². The third-order valence-corrected chi connectivity index (χ3v) is 2.72. The van der Waals surface area contributed by atoms with Crippen LogP contribution in [-0.2, 0) is 4.74 Å². The molecule has 0 saturated carbocycles. The number of morpholine rings is 1. The quantitative estimate of drug-likeness (QED) is 0.770. The van der Waals surface area contributed by atoms with Crippen LogP contribution in [0.1, 0.15) is 6.92 Å². The van der Waals surface area contributed by atoms with Crippen LogP contribution in [-0.4, -0.2) is 62.4 Å². The van der Waals surface area contributed by atoms with Crippen LogP contribution in [0.2, 0.25) is 0 Å². The molecule has 0 aromatic heterocycles. The van der Waals surface area contributed by atoms with Crippen molar-refractivity contribution >= 4 is 0 Å². The summed E-state index contributed by atoms with van der Waals surface area (Å²) in [5.74, 6) is -4.69. The van der Waals surface area contributed by atoms with E-state index in [0.29, 0.717) is 32.8 Å². The first-order valence-electron chi connectivity index (χ1n) is 5.70. The van der Waals surface area contributed by atoms with Crippen molar-refractivity contribution in [2.45, 2.75) is 25.1 Å². The maximum absolute atomic E-state index is 12.6. The summed E-state index contributed by atoms with van der Waals surface area (Å²) >= 11 is 0. The Labute approximate surface area is 102 Å². The summed E-state index contributed by atoms with van der Waals surface area (Å²) in [7, 11) is 0. The standard InChI is InChI=1S/C10H17F5N2O/c1-8(6-17-2-4-18-5-3-17)16-7-9(11,12)10(13,14)15/h8,16H,2-7H2,1H3. The molecule has 108 valence electrons. The summed E-state index contributed by atoms with van der Waals surface area (Å²) < 4.78 is 66.2. The summed E-state index contributed by atoms with van der Waals surface area (Å²) in [5, 5.41) is 2.22. The zero-order chi connectivity index (χ0) is 13.8. The van der Waals surface area contributed by atoms with E-state index in [1.54, 1.807) is 6.92 Å². The summed E-state index contributed by atoms with van der Waals surface area (Å²) in [6, 6.07) is -0.434. The molecule has 1 aliphatic rings. The Hall–Kier alpha value is -0.470. The normalized spacial score (nSPS) is 21.0. The van der Waals surface area contributed by atoms with Crippen LogP contribution in [0.5, 0.6) is 0 Å². The second kappa shape index (κ2) is 6.12. The van der Waals surface area contributed by atoms with Gasteiger partial charge in [0.1, 0.15) is 0 Å². The monoisotopic (exact) mass is 276 g/mol. The fourth-order valence-electron chi connectivity index (χ4n) is 1.64. The average Bonchev–Trinajstić information content (AvgIpc) is 2.26. The van der Waals surface area contributed by atoms with Gasteiger partial charge in [-0.25, -0.2) is 0 Å². The Bertz CT molecular complexity index is 253. The number of alkyl halides is 5. The van der Waals surface area contributed by atoms with Gasteiger partial charge in [-0.2, -0.15) is 22.0 Å². The predicted octanol–water partition coefficient (Wildman–Crippen LogP) is 1.49. The van der Waals surface area contributed by atoms with Crippen molar-refractivity contribution in [1.29, 1.82) is 0 Å². The molecule has 0 radical (unpaired) electrons. The molecule has 1 N–H and O–H groups in total. The lowest BCUT2D eigenvalue weighted by molar-refractivity contribution is -0.279. The van der Waals surface area contributed by atoms with Crippen LogP contribution in [0.3, 0.4) is 0 Å². The smallest absolute Gasteiger partial charge is 0.379 e. The first-order chi connectivity index (χ1) is 8.22. The highest BCUT2D eigenvalue weighted by atomic mass is 19.4. The van der Waals surface area contributed by atoms with Gasteiger partial charge in [-0.3, -0.25) is 4.90 Å². The fourth-order valence-corrected chi connectivity index (χ4v) is 1.64. The Morgan fingerprint density at radius 2 is 1.72 bits per heavy atom. The lowest BCUT2D eigenvalue weighted by Crippen LogP contribution is -2.50. The maximum atomic E-state index is 12.6. The summed E-state index contributed by atoms with van der Waals surface area (Å²) in [6.07, 6.45) is -5.50. The zero-order valence-corrected chi connectivity index (χ0v) is 10.1. The first kappa shape index (κ1) is 15.6. The van der Waals surface area contributed by atoms with Crippen molar-refractivity contribution in [3.8, 4) is 0 Å². The largest absolute Gasteiger partial charge is 0.454 e. The molecule has 0 spiro atoms. The van der Waals surface area contributed by atoms with E-state index in [2.05, 4.69) is 5.32 Å². The Kier molecular flexibility index (Phi) is 5.30. The van der Waals surface area contributed by atoms with E-state index in [9.17, 15) is 22.0 Å². The maximum Gasteiger partial charge on any atom is 0.454 e. The number of ether oxygens (including phenoxy) is 1. The van der Waals surface area contributed by atoms with Gasteiger partial charge in [0.2, 0.25) is 0 Å². The van der Waals surface area contributed by atoms with E-state index in [4.69, 9.17) is 4.74 Å². The van der Waals surface area contributed by atoms with Gasteiger partial charge in [0.25, 0.3) is 0 Å². The molecule has 0 bridgehead atoms. The molecule has 0 amide bonds. The molecule has 1 unspecified atom stereocenters. The van der Waals surface area contributed by atoms with Crippen LogP contribution in [0.15, 0.2) is 0 Å². The molecule has 8 heteroatoms. The fraction of sp³-hybridized carbons (Fsp3) is 1.00. The molecule has 1 aliphatic heterocycles. The molecule has 0 aromatic carbocycles. The molecule has 1 atom stereocenters. The third-order valence-electron chi connectivity index (χ3n) is 2.72. The van der Waals surface area contributed by atoms with Crippen molar-refractivity contribution in [3.63, 3.8) is 0 Å². The molecule has 0 aromatic rings. The van der Waals surface area contributed by atoms with E-state index >= 15 is 0 Å². The van der Waals surface area contributed by atoms with E-state index < -0.39 is 24.7 Å². The zero-order valence-electron chi connectivity index (χ0n) is 10.1. The van der Waals surface area contributed by atoms with E-state index in [-0.39, 0.29) is 0 Å². The minimum atomic E-state index is -5.50. The van der Waals surface area contributed by atoms with Gasteiger partial charge in [0.15, 0.2) is 0 Å². The number of halogens is 5. The van der Waals surface area contributed by atoms with Crippen LogP contribution >= 0.6 is 0 Å². The molecule has 0 aliphatic carbocycles. The van der Waals surface area contributed by atoms with Crippen molar-refractivity contribution < 1.29 is 26.7 Å². The molecule has 1 fully saturated rings. The number of nitrogens with zero attached hydrogens (tertiary/aromatic N) is 1. The number of hydrogen-bond donors (Lipinski definition) is 1. The molecule has 1 rings (SSSR count). The van der Waals surface area contributed by atoms with Gasteiger partial charge >= 0.3 is 12.1 Å². The summed E-state index contributed by atoms with van der Waals surface area (Å²) in [4.78, 5) is 1.97. The molecular formula is C10H17F5N2O. The highest BCUT2D eigenvalue weighted by Gasteiger charge is 2.57. The number of nitrogens with one attached hydrogen (secondary N) is 1. The van der Waals surface area contributed by atoms with Crippen molar-refractivity contribution in [2.75, 3.05) is 39.4 Å². The van der Waals surface area contributed by atoms with Gasteiger partial charge in [-0.15, -0.1) is 0 Å². The first-order valence-corrected chi connectivity index (χ1v) is 5.70. The minimum absolute atomic E-state index is 0.428. The Balaban J connectivity index is 2.30. The average molecular weight is 276 g/mol. The van der Waals surface area contributed by atoms with Crippen LogP contribution < -0.4 is 5.32 Å². The summed E-state index contributed by atoms with van der Waals surface area (Å²) in [6.45, 7) is 3.08. The molecule has 18 heavy (non-hydrogen) atoms. The lowest BCUT2D eigenvalue weighted by Gasteiger charge is -2.30. The topological polar surface area (TPSA) is 24.5 Å². The predicted molar refractivity (Wildman–Crippen MR) is 55.7 cm³/mol. The van der Waals surface area contributed by atoms with Crippen molar-refractivity contribution in [3.05, 3.63) is 0 Å². The second-order valence-electron chi connectivity index (χ2n) is 4.40. The lowest BCUT2D eigenvalue weighted by atomic mass is 10.2. The van der Waals surface area contributed by atoms with Gasteiger partial charge in [-0.1, -0.05) is 0 Å². The van der Waals surface area contributed by atoms with Crippen molar-refractivity contribution in [2.24, 2.45) is 0 Å². The third kappa shape index (κ3) is 4.66. The van der Waals surface area contributed by atoms with Gasteiger partial charge in [0, 0.05) is 25.7 Å². The number of hydrogen-bond acceptors (Lipinski definition) is 3. The molecule has 3 nitrogen and oxygen atoms in total.